The highest BCUT2D eigenvalue weighted by atomic mass is 16.5. The summed E-state index contributed by atoms with van der Waals surface area (Å²) < 4.78 is 12.5. The minimum absolute atomic E-state index is 0.272. The highest BCUT2D eigenvalue weighted by Crippen LogP contribution is 2.25. The predicted octanol–water partition coefficient (Wildman–Crippen LogP) is 2.37. The van der Waals surface area contributed by atoms with Crippen molar-refractivity contribution < 1.29 is 9.47 Å². The van der Waals surface area contributed by atoms with Crippen molar-refractivity contribution in [2.75, 3.05) is 31.4 Å². The van der Waals surface area contributed by atoms with E-state index >= 15 is 0 Å². The number of benzene rings is 1. The van der Waals surface area contributed by atoms with Crippen molar-refractivity contribution in [1.29, 1.82) is 0 Å². The molecule has 2 aromatic heterocycles. The molecule has 3 heterocycles. The van der Waals surface area contributed by atoms with Crippen LogP contribution < -0.4 is 15.8 Å². The average molecular weight is 366 g/mol. The fraction of sp³-hybridized carbons (Fsp3) is 0.316. The summed E-state index contributed by atoms with van der Waals surface area (Å²) in [5.74, 6) is 2.06. The van der Waals surface area contributed by atoms with Gasteiger partial charge in [0.1, 0.15) is 11.6 Å². The number of nitrogens with two attached hydrogens (primary N) is 1. The van der Waals surface area contributed by atoms with Crippen molar-refractivity contribution in [2.45, 2.75) is 18.9 Å². The van der Waals surface area contributed by atoms with Gasteiger partial charge in [-0.1, -0.05) is 6.07 Å². The van der Waals surface area contributed by atoms with Gasteiger partial charge in [-0.05, 0) is 18.6 Å². The highest BCUT2D eigenvalue weighted by Gasteiger charge is 2.20. The number of hydrogen-bond acceptors (Lipinski definition) is 7. The molecule has 0 spiro atoms. The normalized spacial score (nSPS) is 16.4. The summed E-state index contributed by atoms with van der Waals surface area (Å²) in [4.78, 5) is 8.63. The SMILES string of the molecule is COc1cccc(-n2cc(CNc3cc([C@@H]4CCOC4)nc(N)n3)cn2)c1. The van der Waals surface area contributed by atoms with Gasteiger partial charge in [0.2, 0.25) is 5.95 Å². The molecule has 0 bridgehead atoms. The summed E-state index contributed by atoms with van der Waals surface area (Å²) in [7, 11) is 1.65. The lowest BCUT2D eigenvalue weighted by Gasteiger charge is -2.11. The molecule has 1 atom stereocenters. The molecule has 0 saturated carbocycles. The smallest absolute Gasteiger partial charge is 0.222 e. The lowest BCUT2D eigenvalue weighted by atomic mass is 10.0. The molecular weight excluding hydrogens is 344 g/mol. The lowest BCUT2D eigenvalue weighted by Crippen LogP contribution is -2.09. The molecule has 8 heteroatoms. The largest absolute Gasteiger partial charge is 0.497 e. The monoisotopic (exact) mass is 366 g/mol. The third-order valence-corrected chi connectivity index (χ3v) is 4.54. The van der Waals surface area contributed by atoms with Gasteiger partial charge in [0.05, 0.1) is 31.3 Å². The lowest BCUT2D eigenvalue weighted by molar-refractivity contribution is 0.193. The van der Waals surface area contributed by atoms with E-state index in [0.717, 1.165) is 35.7 Å². The van der Waals surface area contributed by atoms with Gasteiger partial charge in [-0.2, -0.15) is 10.1 Å². The maximum Gasteiger partial charge on any atom is 0.222 e. The first-order valence-corrected chi connectivity index (χ1v) is 8.85. The molecular formula is C19H22N6O2. The van der Waals surface area contributed by atoms with Crippen LogP contribution in [0.3, 0.4) is 0 Å². The first kappa shape index (κ1) is 17.3. The first-order valence-electron chi connectivity index (χ1n) is 8.85. The predicted molar refractivity (Wildman–Crippen MR) is 102 cm³/mol. The molecule has 1 aliphatic rings. The Labute approximate surface area is 157 Å². The average Bonchev–Trinajstić information content (AvgIpc) is 3.38. The fourth-order valence-electron chi connectivity index (χ4n) is 3.09. The van der Waals surface area contributed by atoms with E-state index in [4.69, 9.17) is 15.2 Å². The third-order valence-electron chi connectivity index (χ3n) is 4.54. The maximum absolute atomic E-state index is 5.87. The zero-order valence-electron chi connectivity index (χ0n) is 15.1. The van der Waals surface area contributed by atoms with Crippen molar-refractivity contribution in [3.8, 4) is 11.4 Å². The van der Waals surface area contributed by atoms with Gasteiger partial charge in [-0.25, -0.2) is 9.67 Å². The van der Waals surface area contributed by atoms with E-state index < -0.39 is 0 Å². The van der Waals surface area contributed by atoms with Gasteiger partial charge < -0.3 is 20.5 Å². The quantitative estimate of drug-likeness (QED) is 0.691. The number of methoxy groups -OCH3 is 1. The van der Waals surface area contributed by atoms with Crippen molar-refractivity contribution in [1.82, 2.24) is 19.7 Å². The number of nitrogens with one attached hydrogen (secondary N) is 1. The number of rotatable bonds is 6. The number of nitrogens with zero attached hydrogens (tertiary/aromatic N) is 4. The van der Waals surface area contributed by atoms with Gasteiger partial charge in [0, 0.05) is 43.0 Å². The Kier molecular flexibility index (Phi) is 4.88. The van der Waals surface area contributed by atoms with Crippen LogP contribution in [0, 0.1) is 0 Å². The van der Waals surface area contributed by atoms with E-state index in [1.165, 1.54) is 0 Å². The second kappa shape index (κ2) is 7.63. The molecule has 0 radical (unpaired) electrons. The van der Waals surface area contributed by atoms with Crippen LogP contribution in [-0.4, -0.2) is 40.1 Å². The molecule has 140 valence electrons. The van der Waals surface area contributed by atoms with Crippen LogP contribution in [-0.2, 0) is 11.3 Å². The molecule has 0 amide bonds. The number of aromatic nitrogens is 4. The van der Waals surface area contributed by atoms with Gasteiger partial charge >= 0.3 is 0 Å². The number of nitrogen functional groups attached to an aromatic ring is 1. The van der Waals surface area contributed by atoms with E-state index in [2.05, 4.69) is 20.4 Å². The third kappa shape index (κ3) is 4.01. The van der Waals surface area contributed by atoms with Gasteiger partial charge in [0.25, 0.3) is 0 Å². The standard InChI is InChI=1S/C19H22N6O2/c1-26-16-4-2-3-15(7-16)25-11-13(10-22-25)9-21-18-8-17(23-19(20)24-18)14-5-6-27-12-14/h2-4,7-8,10-11,14H,5-6,9,12H2,1H3,(H3,20,21,23,24)/t14-/m1/s1. The Morgan fingerprint density at radius 1 is 1.33 bits per heavy atom. The summed E-state index contributed by atoms with van der Waals surface area (Å²) in [5.41, 5.74) is 8.77. The van der Waals surface area contributed by atoms with Crippen LogP contribution in [0.2, 0.25) is 0 Å². The van der Waals surface area contributed by atoms with Gasteiger partial charge in [-0.15, -0.1) is 0 Å². The highest BCUT2D eigenvalue weighted by molar-refractivity contribution is 5.43. The van der Waals surface area contributed by atoms with E-state index in [9.17, 15) is 0 Å². The second-order valence-corrected chi connectivity index (χ2v) is 6.44. The van der Waals surface area contributed by atoms with Crippen molar-refractivity contribution in [2.24, 2.45) is 0 Å². The molecule has 0 unspecified atom stereocenters. The Bertz CT molecular complexity index is 920. The molecule has 4 rings (SSSR count). The van der Waals surface area contributed by atoms with Crippen molar-refractivity contribution in [3.63, 3.8) is 0 Å². The Morgan fingerprint density at radius 2 is 2.26 bits per heavy atom. The molecule has 27 heavy (non-hydrogen) atoms. The molecule has 8 nitrogen and oxygen atoms in total. The molecule has 1 aliphatic heterocycles. The minimum Gasteiger partial charge on any atom is -0.497 e. The minimum atomic E-state index is 0.272. The Balaban J connectivity index is 1.45. The van der Waals surface area contributed by atoms with Crippen LogP contribution in [0.15, 0.2) is 42.7 Å². The fourth-order valence-corrected chi connectivity index (χ4v) is 3.09. The number of hydrogen-bond donors (Lipinski definition) is 2. The van der Waals surface area contributed by atoms with Gasteiger partial charge in [-0.3, -0.25) is 0 Å². The van der Waals surface area contributed by atoms with Crippen LogP contribution in [0.5, 0.6) is 5.75 Å². The zero-order chi connectivity index (χ0) is 18.6. The summed E-state index contributed by atoms with van der Waals surface area (Å²) in [6.07, 6.45) is 4.75. The summed E-state index contributed by atoms with van der Waals surface area (Å²) in [6, 6.07) is 9.70. The van der Waals surface area contributed by atoms with Crippen LogP contribution >= 0.6 is 0 Å². The molecule has 3 aromatic rings. The van der Waals surface area contributed by atoms with E-state index in [-0.39, 0.29) is 11.9 Å². The van der Waals surface area contributed by atoms with E-state index in [1.807, 2.05) is 47.4 Å². The van der Waals surface area contributed by atoms with Crippen LogP contribution in [0.4, 0.5) is 11.8 Å². The molecule has 1 saturated heterocycles. The van der Waals surface area contributed by atoms with E-state index in [0.29, 0.717) is 19.0 Å². The molecule has 1 aromatic carbocycles. The van der Waals surface area contributed by atoms with Crippen molar-refractivity contribution >= 4 is 11.8 Å². The summed E-state index contributed by atoms with van der Waals surface area (Å²) in [5, 5.41) is 7.72. The topological polar surface area (TPSA) is 100 Å². The van der Waals surface area contributed by atoms with Crippen LogP contribution in [0.25, 0.3) is 5.69 Å². The van der Waals surface area contributed by atoms with E-state index in [1.54, 1.807) is 7.11 Å². The molecule has 0 aliphatic carbocycles. The Morgan fingerprint density at radius 3 is 3.07 bits per heavy atom. The first-order chi connectivity index (χ1) is 13.2. The zero-order valence-corrected chi connectivity index (χ0v) is 15.1. The second-order valence-electron chi connectivity index (χ2n) is 6.44. The summed E-state index contributed by atoms with van der Waals surface area (Å²) in [6.45, 7) is 2.03. The van der Waals surface area contributed by atoms with Gasteiger partial charge in [0.15, 0.2) is 0 Å². The molecule has 1 fully saturated rings. The number of ether oxygens (including phenoxy) is 2. The maximum atomic E-state index is 5.87. The number of anilines is 2. The van der Waals surface area contributed by atoms with Crippen LogP contribution in [0.1, 0.15) is 23.6 Å². The van der Waals surface area contributed by atoms with Crippen molar-refractivity contribution in [3.05, 3.63) is 54.0 Å². The molecule has 3 N–H and O–H groups in total. The Hall–Kier alpha value is -3.13. The summed E-state index contributed by atoms with van der Waals surface area (Å²) >= 11 is 0.